The second-order valence-electron chi connectivity index (χ2n) is 8.65. The van der Waals surface area contributed by atoms with E-state index in [-0.39, 0.29) is 0 Å². The molecule has 5 heterocycles. The molecule has 3 aromatic rings. The number of ether oxygens (including phenoxy) is 1. The van der Waals surface area contributed by atoms with Gasteiger partial charge in [-0.1, -0.05) is 6.42 Å². The van der Waals surface area contributed by atoms with Crippen molar-refractivity contribution in [2.75, 3.05) is 39.3 Å². The van der Waals surface area contributed by atoms with E-state index in [2.05, 4.69) is 40.7 Å². The van der Waals surface area contributed by atoms with Crippen LogP contribution < -0.4 is 4.74 Å². The van der Waals surface area contributed by atoms with Crippen LogP contribution >= 0.6 is 15.9 Å². The highest BCUT2D eigenvalue weighted by atomic mass is 79.9. The van der Waals surface area contributed by atoms with Crippen LogP contribution in [0.5, 0.6) is 5.75 Å². The van der Waals surface area contributed by atoms with E-state index in [9.17, 15) is 0 Å². The number of aromatic nitrogens is 3. The Morgan fingerprint density at radius 3 is 2.42 bits per heavy atom. The summed E-state index contributed by atoms with van der Waals surface area (Å²) in [5, 5.41) is 0. The van der Waals surface area contributed by atoms with Crippen LogP contribution in [0.3, 0.4) is 0 Å². The molecule has 1 N–H and O–H groups in total. The molecule has 6 rings (SSSR count). The second-order valence-corrected chi connectivity index (χ2v) is 9.57. The predicted molar refractivity (Wildman–Crippen MR) is 127 cm³/mol. The Hall–Kier alpha value is -1.96. The van der Waals surface area contributed by atoms with Crippen molar-refractivity contribution in [1.82, 2.24) is 24.8 Å². The topological polar surface area (TPSA) is 57.3 Å². The molecule has 3 saturated heterocycles. The number of rotatable bonds is 5. The van der Waals surface area contributed by atoms with Crippen LogP contribution in [0, 0.1) is 0 Å². The summed E-state index contributed by atoms with van der Waals surface area (Å²) in [4.78, 5) is 17.2. The molecule has 6 nitrogen and oxygen atoms in total. The molecule has 0 saturated carbocycles. The minimum Gasteiger partial charge on any atom is -0.492 e. The highest BCUT2D eigenvalue weighted by molar-refractivity contribution is 9.10. The Bertz CT molecular complexity index is 981. The Morgan fingerprint density at radius 2 is 1.77 bits per heavy atom. The Kier molecular flexibility index (Phi) is 6.53. The van der Waals surface area contributed by atoms with E-state index in [0.717, 1.165) is 52.0 Å². The van der Waals surface area contributed by atoms with Crippen molar-refractivity contribution in [3.8, 4) is 17.1 Å². The fraction of sp³-hybridized carbons (Fsp3) is 0.500. The van der Waals surface area contributed by atoms with Crippen molar-refractivity contribution in [3.05, 3.63) is 41.0 Å². The molecule has 164 valence electrons. The van der Waals surface area contributed by atoms with Crippen molar-refractivity contribution in [1.29, 1.82) is 0 Å². The van der Waals surface area contributed by atoms with Crippen LogP contribution in [-0.4, -0.2) is 70.1 Å². The summed E-state index contributed by atoms with van der Waals surface area (Å²) in [7, 11) is 0. The molecule has 0 aliphatic carbocycles. The molecule has 0 unspecified atom stereocenters. The number of pyridine rings is 1. The molecule has 0 radical (unpaired) electrons. The van der Waals surface area contributed by atoms with Crippen LogP contribution in [0.4, 0.5) is 0 Å². The van der Waals surface area contributed by atoms with Crippen molar-refractivity contribution < 1.29 is 4.74 Å². The lowest BCUT2D eigenvalue weighted by Gasteiger charge is -2.50. The standard InChI is InChI=1S/C19H21BrN4O.C5H9N/c20-15-12-17-19(21-13-15)23-18(22-17)14-4-6-16(7-5-14)25-11-10-24-8-2-1-3-9-24;1-3-6-4-2-5(1)6/h4-7,12-13H,1-3,8-11H2,(H,21,22,23);5H,1-4H2. The van der Waals surface area contributed by atoms with Gasteiger partial charge < -0.3 is 14.6 Å². The van der Waals surface area contributed by atoms with Crippen molar-refractivity contribution in [3.63, 3.8) is 0 Å². The predicted octanol–water partition coefficient (Wildman–Crippen LogP) is 4.72. The summed E-state index contributed by atoms with van der Waals surface area (Å²) in [5.41, 5.74) is 2.67. The largest absolute Gasteiger partial charge is 0.492 e. The first-order chi connectivity index (χ1) is 15.2. The summed E-state index contributed by atoms with van der Waals surface area (Å²) < 4.78 is 6.82. The van der Waals surface area contributed by atoms with Crippen LogP contribution in [0.1, 0.15) is 32.1 Å². The van der Waals surface area contributed by atoms with Crippen LogP contribution in [0.2, 0.25) is 0 Å². The third-order valence-corrected chi connectivity index (χ3v) is 7.01. The maximum Gasteiger partial charge on any atom is 0.178 e. The van der Waals surface area contributed by atoms with E-state index in [0.29, 0.717) is 0 Å². The van der Waals surface area contributed by atoms with E-state index in [1.807, 2.05) is 30.3 Å². The van der Waals surface area contributed by atoms with E-state index in [1.165, 1.54) is 58.3 Å². The Balaban J connectivity index is 0.000000289. The summed E-state index contributed by atoms with van der Waals surface area (Å²) >= 11 is 3.43. The molecule has 0 bridgehead atoms. The SMILES string of the molecule is Brc1cnc2nc(-c3ccc(OCCN4CCCCC4)cc3)[nH]c2c1.C1CN2CCC12. The molecule has 1 aromatic carbocycles. The van der Waals surface area contributed by atoms with E-state index in [4.69, 9.17) is 4.74 Å². The van der Waals surface area contributed by atoms with Gasteiger partial charge in [0.25, 0.3) is 0 Å². The number of H-pyrrole nitrogens is 1. The van der Waals surface area contributed by atoms with Crippen molar-refractivity contribution in [2.45, 2.75) is 38.1 Å². The van der Waals surface area contributed by atoms with Crippen LogP contribution in [0.25, 0.3) is 22.6 Å². The van der Waals surface area contributed by atoms with E-state index in [1.54, 1.807) is 6.20 Å². The van der Waals surface area contributed by atoms with Gasteiger partial charge >= 0.3 is 0 Å². The van der Waals surface area contributed by atoms with Gasteiger partial charge in [0, 0.05) is 28.8 Å². The quantitative estimate of drug-likeness (QED) is 0.568. The van der Waals surface area contributed by atoms with Gasteiger partial charge in [-0.25, -0.2) is 9.97 Å². The lowest BCUT2D eigenvalue weighted by atomic mass is 9.91. The van der Waals surface area contributed by atoms with Gasteiger partial charge in [-0.2, -0.15) is 0 Å². The maximum absolute atomic E-state index is 5.88. The summed E-state index contributed by atoms with van der Waals surface area (Å²) in [6.07, 6.45) is 8.73. The number of nitrogens with zero attached hydrogens (tertiary/aromatic N) is 4. The second kappa shape index (κ2) is 9.67. The normalized spacial score (nSPS) is 19.1. The minimum absolute atomic E-state index is 0.722. The summed E-state index contributed by atoms with van der Waals surface area (Å²) in [6, 6.07) is 11.1. The molecular formula is C24H30BrN5O. The number of piperidine rings is 2. The first-order valence-electron chi connectivity index (χ1n) is 11.5. The molecule has 0 atom stereocenters. The van der Waals surface area contributed by atoms with Gasteiger partial charge in [-0.05, 0) is 98.1 Å². The minimum atomic E-state index is 0.722. The highest BCUT2D eigenvalue weighted by Crippen LogP contribution is 2.29. The zero-order chi connectivity index (χ0) is 21.0. The fourth-order valence-corrected chi connectivity index (χ4v) is 4.77. The Morgan fingerprint density at radius 1 is 1.03 bits per heavy atom. The molecule has 2 aromatic heterocycles. The maximum atomic E-state index is 5.88. The van der Waals surface area contributed by atoms with Crippen LogP contribution in [-0.2, 0) is 0 Å². The number of imidazole rings is 1. The highest BCUT2D eigenvalue weighted by Gasteiger charge is 2.34. The van der Waals surface area contributed by atoms with Gasteiger partial charge in [0.05, 0.1) is 5.52 Å². The monoisotopic (exact) mass is 483 g/mol. The van der Waals surface area contributed by atoms with E-state index >= 15 is 0 Å². The number of aromatic amines is 1. The number of hydrogen-bond donors (Lipinski definition) is 1. The van der Waals surface area contributed by atoms with Crippen molar-refractivity contribution in [2.24, 2.45) is 0 Å². The number of fused-ring (bicyclic) bond motifs is 2. The first-order valence-corrected chi connectivity index (χ1v) is 12.2. The van der Waals surface area contributed by atoms with Gasteiger partial charge in [-0.3, -0.25) is 4.90 Å². The summed E-state index contributed by atoms with van der Waals surface area (Å²) in [6.45, 7) is 6.94. The first kappa shape index (κ1) is 20.9. The fourth-order valence-electron chi connectivity index (χ4n) is 4.44. The molecule has 3 aliphatic rings. The molecule has 0 spiro atoms. The lowest BCUT2D eigenvalue weighted by Crippen LogP contribution is -2.57. The van der Waals surface area contributed by atoms with Crippen molar-refractivity contribution >= 4 is 27.1 Å². The average Bonchev–Trinajstić information content (AvgIpc) is 3.21. The van der Waals surface area contributed by atoms with Gasteiger partial charge in [0.2, 0.25) is 0 Å². The molecule has 7 heteroatoms. The smallest absolute Gasteiger partial charge is 0.178 e. The zero-order valence-electron chi connectivity index (χ0n) is 17.9. The third kappa shape index (κ3) is 5.10. The van der Waals surface area contributed by atoms with Gasteiger partial charge in [-0.15, -0.1) is 0 Å². The summed E-state index contributed by atoms with van der Waals surface area (Å²) in [5.74, 6) is 1.72. The average molecular weight is 484 g/mol. The molecule has 3 fully saturated rings. The molecular weight excluding hydrogens is 454 g/mol. The Labute approximate surface area is 192 Å². The molecule has 0 amide bonds. The van der Waals surface area contributed by atoms with E-state index < -0.39 is 0 Å². The van der Waals surface area contributed by atoms with Gasteiger partial charge in [0.1, 0.15) is 18.2 Å². The number of benzene rings is 1. The number of halogens is 1. The number of hydrogen-bond acceptors (Lipinski definition) is 5. The lowest BCUT2D eigenvalue weighted by molar-refractivity contribution is -0.00222. The van der Waals surface area contributed by atoms with Crippen LogP contribution in [0.15, 0.2) is 41.0 Å². The van der Waals surface area contributed by atoms with Gasteiger partial charge in [0.15, 0.2) is 5.65 Å². The zero-order valence-corrected chi connectivity index (χ0v) is 19.5. The third-order valence-electron chi connectivity index (χ3n) is 6.57. The molecule has 31 heavy (non-hydrogen) atoms. The number of likely N-dealkylation sites (tertiary alicyclic amines) is 1. The number of nitrogens with one attached hydrogen (secondary N) is 1. The molecule has 3 aliphatic heterocycles.